The third-order valence-electron chi connectivity index (χ3n) is 4.68. The number of carbonyl (C=O) groups is 3. The van der Waals surface area contributed by atoms with Gasteiger partial charge in [-0.3, -0.25) is 14.4 Å². The molecule has 0 bridgehead atoms. The molecule has 2 aromatic rings. The summed E-state index contributed by atoms with van der Waals surface area (Å²) in [5.41, 5.74) is 4.25. The number of anilines is 3. The molecule has 0 saturated carbocycles. The third-order valence-corrected chi connectivity index (χ3v) is 4.68. The Hall–Kier alpha value is -3.15. The maximum Gasteiger partial charge on any atom is 0.229 e. The minimum absolute atomic E-state index is 0.0337. The number of nitrogens with one attached hydrogen (secondary N) is 2. The van der Waals surface area contributed by atoms with E-state index in [0.717, 1.165) is 16.8 Å². The van der Waals surface area contributed by atoms with Crippen molar-refractivity contribution < 1.29 is 14.4 Å². The van der Waals surface area contributed by atoms with Gasteiger partial charge in [0.1, 0.15) is 0 Å². The van der Waals surface area contributed by atoms with Crippen LogP contribution in [0.5, 0.6) is 0 Å². The van der Waals surface area contributed by atoms with Gasteiger partial charge < -0.3 is 15.5 Å². The van der Waals surface area contributed by atoms with Crippen molar-refractivity contribution in [3.63, 3.8) is 0 Å². The van der Waals surface area contributed by atoms with Gasteiger partial charge in [-0.2, -0.15) is 0 Å². The molecule has 1 fully saturated rings. The van der Waals surface area contributed by atoms with Gasteiger partial charge in [0.15, 0.2) is 0 Å². The summed E-state index contributed by atoms with van der Waals surface area (Å²) < 4.78 is 0. The number of hydrogen-bond acceptors (Lipinski definition) is 3. The quantitative estimate of drug-likeness (QED) is 0.873. The Morgan fingerprint density at radius 3 is 2.07 bits per heavy atom. The first-order valence-corrected chi connectivity index (χ1v) is 8.90. The highest BCUT2D eigenvalue weighted by Gasteiger charge is 2.36. The number of rotatable bonds is 4. The van der Waals surface area contributed by atoms with E-state index in [1.807, 2.05) is 32.0 Å². The summed E-state index contributed by atoms with van der Waals surface area (Å²) in [6.07, 6.45) is 0.198. The molecule has 1 aliphatic rings. The van der Waals surface area contributed by atoms with Crippen LogP contribution in [-0.4, -0.2) is 24.3 Å². The second-order valence-electron chi connectivity index (χ2n) is 6.89. The van der Waals surface area contributed by atoms with E-state index in [4.69, 9.17) is 0 Å². The molecule has 2 N–H and O–H groups in total. The van der Waals surface area contributed by atoms with Gasteiger partial charge in [0.05, 0.1) is 5.92 Å². The van der Waals surface area contributed by atoms with Crippen molar-refractivity contribution in [1.82, 2.24) is 0 Å². The Labute approximate surface area is 158 Å². The fourth-order valence-electron chi connectivity index (χ4n) is 3.42. The largest absolute Gasteiger partial charge is 0.326 e. The van der Waals surface area contributed by atoms with E-state index in [1.54, 1.807) is 29.2 Å². The zero-order chi connectivity index (χ0) is 19.6. The molecule has 1 saturated heterocycles. The van der Waals surface area contributed by atoms with E-state index in [2.05, 4.69) is 10.6 Å². The zero-order valence-corrected chi connectivity index (χ0v) is 15.7. The molecule has 0 aromatic heterocycles. The summed E-state index contributed by atoms with van der Waals surface area (Å²) in [5, 5.41) is 5.53. The Bertz CT molecular complexity index is 870. The van der Waals surface area contributed by atoms with Crippen LogP contribution in [0.25, 0.3) is 0 Å². The standard InChI is InChI=1S/C21H23N3O3/c1-13-5-4-6-14(2)20(13)24-12-16(11-19(24)26)21(27)23-18-9-7-17(8-10-18)22-15(3)25/h4-10,16H,11-12H2,1-3H3,(H,22,25)(H,23,27)/t16-/m0/s1. The van der Waals surface area contributed by atoms with Crippen LogP contribution < -0.4 is 15.5 Å². The molecule has 27 heavy (non-hydrogen) atoms. The Kier molecular flexibility index (Phi) is 5.26. The topological polar surface area (TPSA) is 78.5 Å². The number of nitrogens with zero attached hydrogens (tertiary/aromatic N) is 1. The summed E-state index contributed by atoms with van der Waals surface area (Å²) in [6.45, 7) is 5.76. The highest BCUT2D eigenvalue weighted by Crippen LogP contribution is 2.31. The lowest BCUT2D eigenvalue weighted by Gasteiger charge is -2.21. The van der Waals surface area contributed by atoms with Crippen molar-refractivity contribution in [1.29, 1.82) is 0 Å². The molecular formula is C21H23N3O3. The molecule has 0 aliphatic carbocycles. The summed E-state index contributed by atoms with van der Waals surface area (Å²) in [7, 11) is 0. The van der Waals surface area contributed by atoms with Crippen molar-refractivity contribution in [2.45, 2.75) is 27.2 Å². The lowest BCUT2D eigenvalue weighted by atomic mass is 10.1. The first-order chi connectivity index (χ1) is 12.8. The van der Waals surface area contributed by atoms with Crippen LogP contribution in [0.3, 0.4) is 0 Å². The smallest absolute Gasteiger partial charge is 0.229 e. The average Bonchev–Trinajstić information content (AvgIpc) is 2.98. The molecular weight excluding hydrogens is 342 g/mol. The molecule has 1 heterocycles. The molecule has 0 unspecified atom stereocenters. The lowest BCUT2D eigenvalue weighted by molar-refractivity contribution is -0.122. The molecule has 1 atom stereocenters. The normalized spacial score (nSPS) is 16.3. The predicted octanol–water partition coefficient (Wildman–Crippen LogP) is 3.25. The molecule has 3 amide bonds. The highest BCUT2D eigenvalue weighted by atomic mass is 16.2. The van der Waals surface area contributed by atoms with E-state index in [1.165, 1.54) is 6.92 Å². The Balaban J connectivity index is 1.68. The van der Waals surface area contributed by atoms with E-state index < -0.39 is 5.92 Å². The minimum Gasteiger partial charge on any atom is -0.326 e. The maximum absolute atomic E-state index is 12.6. The van der Waals surface area contributed by atoms with E-state index in [-0.39, 0.29) is 24.1 Å². The maximum atomic E-state index is 12.6. The van der Waals surface area contributed by atoms with E-state index >= 15 is 0 Å². The second kappa shape index (κ2) is 7.61. The number of amides is 3. The average molecular weight is 365 g/mol. The first-order valence-electron chi connectivity index (χ1n) is 8.90. The van der Waals surface area contributed by atoms with Gasteiger partial charge in [0, 0.05) is 37.0 Å². The van der Waals surface area contributed by atoms with Crippen LogP contribution in [0.2, 0.25) is 0 Å². The summed E-state index contributed by atoms with van der Waals surface area (Å²) >= 11 is 0. The van der Waals surface area contributed by atoms with Crippen LogP contribution >= 0.6 is 0 Å². The Morgan fingerprint density at radius 1 is 0.963 bits per heavy atom. The molecule has 3 rings (SSSR count). The fourth-order valence-corrected chi connectivity index (χ4v) is 3.42. The zero-order valence-electron chi connectivity index (χ0n) is 15.7. The third kappa shape index (κ3) is 4.16. The molecule has 140 valence electrons. The van der Waals surface area contributed by atoms with E-state index in [0.29, 0.717) is 17.9 Å². The number of carbonyl (C=O) groups excluding carboxylic acids is 3. The number of benzene rings is 2. The number of hydrogen-bond donors (Lipinski definition) is 2. The molecule has 2 aromatic carbocycles. The monoisotopic (exact) mass is 365 g/mol. The van der Waals surface area contributed by atoms with Crippen molar-refractivity contribution in [2.75, 3.05) is 22.1 Å². The Morgan fingerprint density at radius 2 is 1.52 bits per heavy atom. The molecule has 0 radical (unpaired) electrons. The predicted molar refractivity (Wildman–Crippen MR) is 106 cm³/mol. The van der Waals surface area contributed by atoms with E-state index in [9.17, 15) is 14.4 Å². The van der Waals surface area contributed by atoms with Crippen LogP contribution in [-0.2, 0) is 14.4 Å². The minimum atomic E-state index is -0.397. The number of para-hydroxylation sites is 1. The van der Waals surface area contributed by atoms with Gasteiger partial charge in [-0.25, -0.2) is 0 Å². The van der Waals surface area contributed by atoms with Gasteiger partial charge in [-0.05, 0) is 49.2 Å². The van der Waals surface area contributed by atoms with Gasteiger partial charge in [0.25, 0.3) is 0 Å². The van der Waals surface area contributed by atoms with Crippen LogP contribution in [0, 0.1) is 19.8 Å². The first kappa shape index (κ1) is 18.6. The van der Waals surface area contributed by atoms with Crippen LogP contribution in [0.1, 0.15) is 24.5 Å². The van der Waals surface area contributed by atoms with Crippen molar-refractivity contribution in [3.05, 3.63) is 53.6 Å². The summed E-state index contributed by atoms with van der Waals surface area (Å²) in [5.74, 6) is -0.757. The fraction of sp³-hybridized carbons (Fsp3) is 0.286. The summed E-state index contributed by atoms with van der Waals surface area (Å²) in [4.78, 5) is 37.9. The van der Waals surface area contributed by atoms with Gasteiger partial charge in [0.2, 0.25) is 17.7 Å². The van der Waals surface area contributed by atoms with Crippen LogP contribution in [0.15, 0.2) is 42.5 Å². The van der Waals surface area contributed by atoms with Crippen molar-refractivity contribution in [3.8, 4) is 0 Å². The van der Waals surface area contributed by atoms with Gasteiger partial charge in [-0.15, -0.1) is 0 Å². The number of aryl methyl sites for hydroxylation is 2. The van der Waals surface area contributed by atoms with Crippen molar-refractivity contribution >= 4 is 34.8 Å². The van der Waals surface area contributed by atoms with Crippen LogP contribution in [0.4, 0.5) is 17.1 Å². The summed E-state index contributed by atoms with van der Waals surface area (Å²) in [6, 6.07) is 12.8. The molecule has 0 spiro atoms. The highest BCUT2D eigenvalue weighted by molar-refractivity contribution is 6.04. The second-order valence-corrected chi connectivity index (χ2v) is 6.89. The SMILES string of the molecule is CC(=O)Nc1ccc(NC(=O)[C@H]2CC(=O)N(c3c(C)cccc3C)C2)cc1. The van der Waals surface area contributed by atoms with Crippen molar-refractivity contribution in [2.24, 2.45) is 5.92 Å². The van der Waals surface area contributed by atoms with Gasteiger partial charge >= 0.3 is 0 Å². The molecule has 6 heteroatoms. The lowest BCUT2D eigenvalue weighted by Crippen LogP contribution is -2.29. The molecule has 1 aliphatic heterocycles. The molecule has 6 nitrogen and oxygen atoms in total. The van der Waals surface area contributed by atoms with Gasteiger partial charge in [-0.1, -0.05) is 18.2 Å².